The van der Waals surface area contributed by atoms with Gasteiger partial charge in [0, 0.05) is 0 Å². The molecular formula is C9H10ClNO3. The number of hydrogen-bond acceptors (Lipinski definition) is 4. The summed E-state index contributed by atoms with van der Waals surface area (Å²) < 4.78 is 10.4. The minimum absolute atomic E-state index is 0.210. The van der Waals surface area contributed by atoms with Crippen LogP contribution in [0.5, 0.6) is 11.5 Å². The summed E-state index contributed by atoms with van der Waals surface area (Å²) in [7, 11) is 0. The van der Waals surface area contributed by atoms with E-state index < -0.39 is 0 Å². The fourth-order valence-electron chi connectivity index (χ4n) is 1.38. The van der Waals surface area contributed by atoms with Crippen molar-refractivity contribution in [1.29, 1.82) is 0 Å². The van der Waals surface area contributed by atoms with E-state index >= 15 is 0 Å². The minimum Gasteiger partial charge on any atom is -0.454 e. The van der Waals surface area contributed by atoms with Crippen LogP contribution >= 0.6 is 11.6 Å². The maximum absolute atomic E-state index is 6.08. The molecule has 14 heavy (non-hydrogen) atoms. The van der Waals surface area contributed by atoms with Crippen LogP contribution < -0.4 is 15.4 Å². The molecule has 1 aliphatic heterocycles. The van der Waals surface area contributed by atoms with Crippen molar-refractivity contribution in [3.63, 3.8) is 0 Å². The molecule has 0 fully saturated rings. The van der Waals surface area contributed by atoms with Crippen molar-refractivity contribution in [1.82, 2.24) is 0 Å². The van der Waals surface area contributed by atoms with Gasteiger partial charge in [-0.25, -0.2) is 5.90 Å². The Hall–Kier alpha value is -0.970. The number of rotatable bonds is 2. The second kappa shape index (κ2) is 3.65. The first-order valence-electron chi connectivity index (χ1n) is 4.13. The van der Waals surface area contributed by atoms with E-state index in [2.05, 4.69) is 4.84 Å². The number of fused-ring (bicyclic) bond motifs is 1. The van der Waals surface area contributed by atoms with E-state index in [0.717, 1.165) is 11.1 Å². The topological polar surface area (TPSA) is 53.7 Å². The van der Waals surface area contributed by atoms with Crippen LogP contribution in [0.15, 0.2) is 6.07 Å². The lowest BCUT2D eigenvalue weighted by Crippen LogP contribution is -2.01. The van der Waals surface area contributed by atoms with Crippen LogP contribution in [-0.2, 0) is 11.4 Å². The van der Waals surface area contributed by atoms with E-state index in [4.69, 9.17) is 27.0 Å². The van der Waals surface area contributed by atoms with Gasteiger partial charge in [0.25, 0.3) is 0 Å². The van der Waals surface area contributed by atoms with E-state index in [-0.39, 0.29) is 6.79 Å². The van der Waals surface area contributed by atoms with Gasteiger partial charge in [-0.05, 0) is 24.1 Å². The molecule has 1 aliphatic rings. The van der Waals surface area contributed by atoms with Gasteiger partial charge in [0.2, 0.25) is 6.79 Å². The van der Waals surface area contributed by atoms with Crippen LogP contribution in [0, 0.1) is 6.92 Å². The Balaban J connectivity index is 2.49. The monoisotopic (exact) mass is 215 g/mol. The summed E-state index contributed by atoms with van der Waals surface area (Å²) in [4.78, 5) is 4.57. The summed E-state index contributed by atoms with van der Waals surface area (Å²) in [5, 5.41) is 0.562. The lowest BCUT2D eigenvalue weighted by Gasteiger charge is -2.08. The largest absolute Gasteiger partial charge is 0.454 e. The molecule has 2 rings (SSSR count). The average molecular weight is 216 g/mol. The molecule has 4 nitrogen and oxygen atoms in total. The zero-order valence-electron chi connectivity index (χ0n) is 7.67. The third kappa shape index (κ3) is 1.41. The highest BCUT2D eigenvalue weighted by Crippen LogP contribution is 2.42. The second-order valence-electron chi connectivity index (χ2n) is 3.02. The quantitative estimate of drug-likeness (QED) is 0.764. The number of halogens is 1. The summed E-state index contributed by atoms with van der Waals surface area (Å²) in [6, 6.07) is 1.83. The lowest BCUT2D eigenvalue weighted by molar-refractivity contribution is 0.123. The van der Waals surface area contributed by atoms with Crippen LogP contribution in [0.2, 0.25) is 5.02 Å². The molecule has 0 saturated heterocycles. The average Bonchev–Trinajstić information content (AvgIpc) is 2.62. The van der Waals surface area contributed by atoms with Crippen molar-refractivity contribution < 1.29 is 14.3 Å². The van der Waals surface area contributed by atoms with Gasteiger partial charge in [-0.3, -0.25) is 4.84 Å². The molecule has 0 radical (unpaired) electrons. The van der Waals surface area contributed by atoms with E-state index in [1.165, 1.54) is 0 Å². The highest BCUT2D eigenvalue weighted by atomic mass is 35.5. The first-order chi connectivity index (χ1) is 6.74. The van der Waals surface area contributed by atoms with Crippen LogP contribution in [-0.4, -0.2) is 6.79 Å². The molecule has 0 spiro atoms. The van der Waals surface area contributed by atoms with Crippen molar-refractivity contribution in [2.24, 2.45) is 5.90 Å². The van der Waals surface area contributed by atoms with Crippen LogP contribution in [0.3, 0.4) is 0 Å². The van der Waals surface area contributed by atoms with Gasteiger partial charge in [0.05, 0.1) is 11.6 Å². The van der Waals surface area contributed by atoms with E-state index in [1.54, 1.807) is 0 Å². The fraction of sp³-hybridized carbons (Fsp3) is 0.333. The first kappa shape index (κ1) is 9.58. The number of benzene rings is 1. The van der Waals surface area contributed by atoms with Crippen LogP contribution in [0.4, 0.5) is 0 Å². The molecule has 0 bridgehead atoms. The molecule has 76 valence electrons. The summed E-state index contributed by atoms with van der Waals surface area (Å²) in [5.41, 5.74) is 1.81. The number of ether oxygens (including phenoxy) is 2. The Morgan fingerprint density at radius 2 is 2.36 bits per heavy atom. The zero-order chi connectivity index (χ0) is 10.1. The minimum atomic E-state index is 0.210. The maximum Gasteiger partial charge on any atom is 0.231 e. The molecule has 0 aromatic heterocycles. The molecule has 0 amide bonds. The van der Waals surface area contributed by atoms with E-state index in [9.17, 15) is 0 Å². The lowest BCUT2D eigenvalue weighted by atomic mass is 10.1. The first-order valence-corrected chi connectivity index (χ1v) is 4.51. The Bertz CT molecular complexity index is 368. The molecule has 5 heteroatoms. The predicted octanol–water partition coefficient (Wildman–Crippen LogP) is 1.77. The highest BCUT2D eigenvalue weighted by molar-refractivity contribution is 6.33. The Labute approximate surface area is 86.5 Å². The molecule has 1 aromatic carbocycles. The van der Waals surface area contributed by atoms with Gasteiger partial charge in [-0.1, -0.05) is 11.6 Å². The third-order valence-corrected chi connectivity index (χ3v) is 2.65. The molecule has 0 unspecified atom stereocenters. The molecule has 1 aromatic rings. The summed E-state index contributed by atoms with van der Waals surface area (Å²) in [6.07, 6.45) is 0. The third-order valence-electron chi connectivity index (χ3n) is 2.20. The number of hydrogen-bond donors (Lipinski definition) is 1. The van der Waals surface area contributed by atoms with Gasteiger partial charge < -0.3 is 9.47 Å². The van der Waals surface area contributed by atoms with Gasteiger partial charge >= 0.3 is 0 Å². The van der Waals surface area contributed by atoms with Crippen molar-refractivity contribution in [2.75, 3.05) is 6.79 Å². The smallest absolute Gasteiger partial charge is 0.231 e. The molecule has 2 N–H and O–H groups in total. The fourth-order valence-corrected chi connectivity index (χ4v) is 1.65. The van der Waals surface area contributed by atoms with Crippen LogP contribution in [0.25, 0.3) is 0 Å². The summed E-state index contributed by atoms with van der Waals surface area (Å²) in [5.74, 6) is 6.26. The highest BCUT2D eigenvalue weighted by Gasteiger charge is 2.21. The van der Waals surface area contributed by atoms with Gasteiger partial charge in [0.1, 0.15) is 0 Å². The zero-order valence-corrected chi connectivity index (χ0v) is 8.43. The van der Waals surface area contributed by atoms with Gasteiger partial charge in [0.15, 0.2) is 11.5 Å². The SMILES string of the molecule is Cc1c(CON)cc2c(c1Cl)OCO2. The molecular weight excluding hydrogens is 206 g/mol. The van der Waals surface area contributed by atoms with Crippen molar-refractivity contribution in [3.05, 3.63) is 22.2 Å². The second-order valence-corrected chi connectivity index (χ2v) is 3.40. The number of nitrogens with two attached hydrogens (primary N) is 1. The van der Waals surface area contributed by atoms with Crippen LogP contribution in [0.1, 0.15) is 11.1 Å². The van der Waals surface area contributed by atoms with Gasteiger partial charge in [-0.15, -0.1) is 0 Å². The van der Waals surface area contributed by atoms with E-state index in [1.807, 2.05) is 13.0 Å². The summed E-state index contributed by atoms with van der Waals surface area (Å²) >= 11 is 6.08. The van der Waals surface area contributed by atoms with Crippen molar-refractivity contribution in [3.8, 4) is 11.5 Å². The van der Waals surface area contributed by atoms with E-state index in [0.29, 0.717) is 23.1 Å². The maximum atomic E-state index is 6.08. The normalized spacial score (nSPS) is 13.4. The van der Waals surface area contributed by atoms with Crippen molar-refractivity contribution in [2.45, 2.75) is 13.5 Å². The predicted molar refractivity (Wildman–Crippen MR) is 51.3 cm³/mol. The summed E-state index contributed by atoms with van der Waals surface area (Å²) in [6.45, 7) is 2.41. The standard InChI is InChI=1S/C9H10ClNO3/c1-5-6(3-14-11)2-7-9(8(5)10)13-4-12-7/h2H,3-4,11H2,1H3. The Morgan fingerprint density at radius 3 is 3.07 bits per heavy atom. The Morgan fingerprint density at radius 1 is 1.57 bits per heavy atom. The van der Waals surface area contributed by atoms with Crippen molar-refractivity contribution >= 4 is 11.6 Å². The van der Waals surface area contributed by atoms with Gasteiger partial charge in [-0.2, -0.15) is 0 Å². The molecule has 0 atom stereocenters. The molecule has 1 heterocycles. The Kier molecular flexibility index (Phi) is 2.50. The molecule has 0 aliphatic carbocycles. The molecule has 0 saturated carbocycles.